The van der Waals surface area contributed by atoms with E-state index in [1.165, 1.54) is 5.00 Å². The molecule has 2 heterocycles. The van der Waals surface area contributed by atoms with Crippen LogP contribution < -0.4 is 4.90 Å². The van der Waals surface area contributed by atoms with Gasteiger partial charge in [0.1, 0.15) is 5.00 Å². The van der Waals surface area contributed by atoms with Gasteiger partial charge in [-0.15, -0.1) is 11.3 Å². The highest BCUT2D eigenvalue weighted by Crippen LogP contribution is 2.33. The predicted molar refractivity (Wildman–Crippen MR) is 58.1 cm³/mol. The number of ketones is 1. The largest absolute Gasteiger partial charge is 0.338 e. The lowest BCUT2D eigenvalue weighted by atomic mass is 10.2. The molecular formula is C9H8BrNOS. The van der Waals surface area contributed by atoms with E-state index < -0.39 is 0 Å². The van der Waals surface area contributed by atoms with Crippen molar-refractivity contribution in [3.05, 3.63) is 28.2 Å². The van der Waals surface area contributed by atoms with Gasteiger partial charge in [0.2, 0.25) is 0 Å². The highest BCUT2D eigenvalue weighted by atomic mass is 79.9. The molecule has 0 aromatic carbocycles. The Morgan fingerprint density at radius 2 is 2.38 bits per heavy atom. The molecule has 0 radical (unpaired) electrons. The summed E-state index contributed by atoms with van der Waals surface area (Å²) >= 11 is 5.14. The number of thiophene rings is 1. The number of rotatable bonds is 1. The molecule has 0 atom stereocenters. The van der Waals surface area contributed by atoms with E-state index in [0.29, 0.717) is 6.42 Å². The number of halogens is 1. The monoisotopic (exact) mass is 257 g/mol. The molecule has 2 nitrogen and oxygen atoms in total. The highest BCUT2D eigenvalue weighted by Gasteiger charge is 2.13. The third-order valence-electron chi connectivity index (χ3n) is 1.90. The van der Waals surface area contributed by atoms with Gasteiger partial charge in [-0.3, -0.25) is 4.79 Å². The summed E-state index contributed by atoms with van der Waals surface area (Å²) in [5, 5.41) is 3.20. The Hall–Kier alpha value is -0.610. The topological polar surface area (TPSA) is 20.3 Å². The Balaban J connectivity index is 2.24. The maximum atomic E-state index is 10.9. The average Bonchev–Trinajstić information content (AvgIpc) is 2.53. The van der Waals surface area contributed by atoms with Crippen LogP contribution in [0.5, 0.6) is 0 Å². The Labute approximate surface area is 89.0 Å². The maximum absolute atomic E-state index is 10.9. The molecule has 1 aliphatic heterocycles. The Bertz CT molecular complexity index is 358. The number of anilines is 1. The number of hydrogen-bond acceptors (Lipinski definition) is 3. The van der Waals surface area contributed by atoms with Crippen LogP contribution in [-0.4, -0.2) is 12.3 Å². The average molecular weight is 258 g/mol. The minimum atomic E-state index is 0.212. The zero-order valence-electron chi connectivity index (χ0n) is 6.87. The van der Waals surface area contributed by atoms with Crippen LogP contribution >= 0.6 is 27.3 Å². The molecular weight excluding hydrogens is 250 g/mol. The summed E-state index contributed by atoms with van der Waals surface area (Å²) in [6.07, 6.45) is 4.10. The van der Waals surface area contributed by atoms with E-state index in [-0.39, 0.29) is 5.78 Å². The zero-order valence-corrected chi connectivity index (χ0v) is 9.27. The van der Waals surface area contributed by atoms with E-state index in [2.05, 4.69) is 20.8 Å². The first-order chi connectivity index (χ1) is 6.27. The van der Waals surface area contributed by atoms with E-state index in [1.807, 2.05) is 17.6 Å². The molecule has 0 fully saturated rings. The lowest BCUT2D eigenvalue weighted by Gasteiger charge is -2.21. The summed E-state index contributed by atoms with van der Waals surface area (Å²) in [4.78, 5) is 13.0. The molecule has 13 heavy (non-hydrogen) atoms. The van der Waals surface area contributed by atoms with Crippen LogP contribution in [0, 0.1) is 0 Å². The van der Waals surface area contributed by atoms with Gasteiger partial charge in [-0.2, -0.15) is 0 Å². The van der Waals surface area contributed by atoms with Gasteiger partial charge in [0.05, 0.1) is 4.47 Å². The Morgan fingerprint density at radius 3 is 2.92 bits per heavy atom. The Morgan fingerprint density at radius 1 is 1.54 bits per heavy atom. The van der Waals surface area contributed by atoms with E-state index in [4.69, 9.17) is 0 Å². The molecule has 1 aromatic heterocycles. The number of nitrogens with zero attached hydrogens (tertiary/aromatic N) is 1. The zero-order chi connectivity index (χ0) is 9.26. The maximum Gasteiger partial charge on any atom is 0.158 e. The van der Waals surface area contributed by atoms with Crippen LogP contribution in [0.15, 0.2) is 28.2 Å². The van der Waals surface area contributed by atoms with Crippen molar-refractivity contribution < 1.29 is 4.79 Å². The van der Waals surface area contributed by atoms with E-state index in [9.17, 15) is 4.79 Å². The van der Waals surface area contributed by atoms with Crippen molar-refractivity contribution >= 4 is 38.1 Å². The van der Waals surface area contributed by atoms with Gasteiger partial charge >= 0.3 is 0 Å². The molecule has 0 saturated heterocycles. The van der Waals surface area contributed by atoms with Gasteiger partial charge in [-0.1, -0.05) is 0 Å². The lowest BCUT2D eigenvalue weighted by Crippen LogP contribution is -2.23. The number of hydrogen-bond donors (Lipinski definition) is 0. The van der Waals surface area contributed by atoms with Crippen LogP contribution in [0.25, 0.3) is 0 Å². The molecule has 0 N–H and O–H groups in total. The van der Waals surface area contributed by atoms with Crippen molar-refractivity contribution in [1.82, 2.24) is 0 Å². The smallest absolute Gasteiger partial charge is 0.158 e. The summed E-state index contributed by atoms with van der Waals surface area (Å²) < 4.78 is 1.09. The van der Waals surface area contributed by atoms with Gasteiger partial charge in [-0.25, -0.2) is 0 Å². The third kappa shape index (κ3) is 1.84. The second kappa shape index (κ2) is 3.64. The fourth-order valence-electron chi connectivity index (χ4n) is 1.22. The number of carbonyl (C=O) groups is 1. The molecule has 0 saturated carbocycles. The molecule has 1 aromatic rings. The highest BCUT2D eigenvalue weighted by molar-refractivity contribution is 9.10. The molecule has 0 unspecified atom stereocenters. The summed E-state index contributed by atoms with van der Waals surface area (Å²) in [5.74, 6) is 0.212. The van der Waals surface area contributed by atoms with Crippen LogP contribution in [-0.2, 0) is 4.79 Å². The third-order valence-corrected chi connectivity index (χ3v) is 3.75. The summed E-state index contributed by atoms with van der Waals surface area (Å²) in [5.41, 5.74) is 0. The first-order valence-corrected chi connectivity index (χ1v) is 5.65. The first-order valence-electron chi connectivity index (χ1n) is 3.98. The van der Waals surface area contributed by atoms with Crippen molar-refractivity contribution in [3.8, 4) is 0 Å². The number of carbonyl (C=O) groups excluding carboxylic acids is 1. The van der Waals surface area contributed by atoms with Crippen LogP contribution in [0.2, 0.25) is 0 Å². The standard InChI is InChI=1S/C9H8BrNOS/c10-8-3-6-13-9(8)11-4-1-7(12)2-5-11/h1,3-4,6H,2,5H2. The van der Waals surface area contributed by atoms with E-state index in [1.54, 1.807) is 17.4 Å². The summed E-state index contributed by atoms with van der Waals surface area (Å²) in [6.45, 7) is 0.786. The molecule has 68 valence electrons. The SMILES string of the molecule is O=C1C=CN(c2sccc2Br)CC1. The fraction of sp³-hybridized carbons (Fsp3) is 0.222. The molecule has 0 spiro atoms. The molecule has 0 bridgehead atoms. The quantitative estimate of drug-likeness (QED) is 0.772. The van der Waals surface area contributed by atoms with Crippen LogP contribution in [0.1, 0.15) is 6.42 Å². The minimum Gasteiger partial charge on any atom is -0.338 e. The lowest BCUT2D eigenvalue weighted by molar-refractivity contribution is -0.114. The van der Waals surface area contributed by atoms with Crippen molar-refractivity contribution in [3.63, 3.8) is 0 Å². The van der Waals surface area contributed by atoms with Crippen molar-refractivity contribution in [1.29, 1.82) is 0 Å². The molecule has 2 rings (SSSR count). The van der Waals surface area contributed by atoms with Crippen LogP contribution in [0.3, 0.4) is 0 Å². The summed E-state index contributed by atoms with van der Waals surface area (Å²) in [7, 11) is 0. The molecule has 0 amide bonds. The van der Waals surface area contributed by atoms with Gasteiger partial charge in [0.25, 0.3) is 0 Å². The summed E-state index contributed by atoms with van der Waals surface area (Å²) in [6, 6.07) is 2.02. The first kappa shape index (κ1) is 8.97. The van der Waals surface area contributed by atoms with Crippen molar-refractivity contribution in [2.24, 2.45) is 0 Å². The number of allylic oxidation sites excluding steroid dienone is 1. The van der Waals surface area contributed by atoms with Crippen molar-refractivity contribution in [2.45, 2.75) is 6.42 Å². The predicted octanol–water partition coefficient (Wildman–Crippen LogP) is 2.80. The molecule has 1 aliphatic rings. The van der Waals surface area contributed by atoms with Crippen molar-refractivity contribution in [2.75, 3.05) is 11.4 Å². The minimum absolute atomic E-state index is 0.212. The molecule has 4 heteroatoms. The van der Waals surface area contributed by atoms with Gasteiger partial charge in [0, 0.05) is 19.2 Å². The Kier molecular flexibility index (Phi) is 2.51. The normalized spacial score (nSPS) is 16.7. The second-order valence-electron chi connectivity index (χ2n) is 2.80. The molecule has 0 aliphatic carbocycles. The van der Waals surface area contributed by atoms with E-state index in [0.717, 1.165) is 11.0 Å². The van der Waals surface area contributed by atoms with Crippen LogP contribution in [0.4, 0.5) is 5.00 Å². The van der Waals surface area contributed by atoms with Gasteiger partial charge in [0.15, 0.2) is 5.78 Å². The van der Waals surface area contributed by atoms with E-state index >= 15 is 0 Å². The van der Waals surface area contributed by atoms with Gasteiger partial charge in [-0.05, 0) is 33.5 Å². The van der Waals surface area contributed by atoms with Gasteiger partial charge < -0.3 is 4.90 Å². The fourth-order valence-corrected chi connectivity index (χ4v) is 2.84. The second-order valence-corrected chi connectivity index (χ2v) is 4.55.